The van der Waals surface area contributed by atoms with E-state index >= 15 is 0 Å². The molecular formula is C14H20ClN. The Kier molecular flexibility index (Phi) is 3.27. The predicted octanol–water partition coefficient (Wildman–Crippen LogP) is 3.96. The monoisotopic (exact) mass is 237 g/mol. The Bertz CT molecular complexity index is 373. The summed E-state index contributed by atoms with van der Waals surface area (Å²) in [7, 11) is 0. The lowest BCUT2D eigenvalue weighted by atomic mass is 9.68. The van der Waals surface area contributed by atoms with E-state index in [0.29, 0.717) is 11.3 Å². The number of halogens is 1. The number of hydrogen-bond acceptors (Lipinski definition) is 1. The topological polar surface area (TPSA) is 26.0 Å². The summed E-state index contributed by atoms with van der Waals surface area (Å²) < 4.78 is 0. The molecule has 1 aromatic rings. The summed E-state index contributed by atoms with van der Waals surface area (Å²) in [5.41, 5.74) is 7.94. The van der Waals surface area contributed by atoms with Gasteiger partial charge in [0.05, 0.1) is 0 Å². The third kappa shape index (κ3) is 2.58. The summed E-state index contributed by atoms with van der Waals surface area (Å²) in [6.45, 7) is 4.66. The molecule has 88 valence electrons. The number of rotatable bonds is 1. The second kappa shape index (κ2) is 4.38. The first kappa shape index (κ1) is 11.9. The van der Waals surface area contributed by atoms with Crippen LogP contribution in [0.1, 0.15) is 44.6 Å². The van der Waals surface area contributed by atoms with E-state index in [9.17, 15) is 0 Å². The quantitative estimate of drug-likeness (QED) is 0.786. The highest BCUT2D eigenvalue weighted by Gasteiger charge is 2.33. The molecule has 0 bridgehead atoms. The van der Waals surface area contributed by atoms with Crippen LogP contribution < -0.4 is 5.73 Å². The SMILES string of the molecule is CC1(C)CCC(N)C(c2cccc(Cl)c2)C1. The van der Waals surface area contributed by atoms with Crippen molar-refractivity contribution in [2.45, 2.75) is 45.1 Å². The maximum atomic E-state index is 6.24. The van der Waals surface area contributed by atoms with E-state index in [1.807, 2.05) is 12.1 Å². The van der Waals surface area contributed by atoms with E-state index in [-0.39, 0.29) is 6.04 Å². The van der Waals surface area contributed by atoms with Crippen molar-refractivity contribution in [3.63, 3.8) is 0 Å². The molecule has 2 atom stereocenters. The summed E-state index contributed by atoms with van der Waals surface area (Å²) in [6.07, 6.45) is 3.50. The Labute approximate surface area is 103 Å². The first-order valence-electron chi connectivity index (χ1n) is 5.99. The van der Waals surface area contributed by atoms with Gasteiger partial charge in [0.2, 0.25) is 0 Å². The van der Waals surface area contributed by atoms with Crippen molar-refractivity contribution in [3.05, 3.63) is 34.9 Å². The minimum absolute atomic E-state index is 0.284. The van der Waals surface area contributed by atoms with Crippen molar-refractivity contribution < 1.29 is 0 Å². The minimum atomic E-state index is 0.284. The molecule has 0 aromatic heterocycles. The van der Waals surface area contributed by atoms with Crippen LogP contribution in [0.15, 0.2) is 24.3 Å². The number of benzene rings is 1. The lowest BCUT2D eigenvalue weighted by Gasteiger charge is -2.39. The zero-order chi connectivity index (χ0) is 11.8. The van der Waals surface area contributed by atoms with Gasteiger partial charge in [0.15, 0.2) is 0 Å². The molecule has 1 fully saturated rings. The first-order valence-corrected chi connectivity index (χ1v) is 6.37. The predicted molar refractivity (Wildman–Crippen MR) is 69.8 cm³/mol. The Hall–Kier alpha value is -0.530. The van der Waals surface area contributed by atoms with Gasteiger partial charge in [-0.3, -0.25) is 0 Å². The maximum absolute atomic E-state index is 6.24. The lowest BCUT2D eigenvalue weighted by molar-refractivity contribution is 0.198. The maximum Gasteiger partial charge on any atom is 0.0408 e. The van der Waals surface area contributed by atoms with Gasteiger partial charge < -0.3 is 5.73 Å². The molecule has 1 aliphatic rings. The van der Waals surface area contributed by atoms with Crippen LogP contribution in [0.3, 0.4) is 0 Å². The third-order valence-electron chi connectivity index (χ3n) is 3.72. The molecule has 1 aromatic carbocycles. The fraction of sp³-hybridized carbons (Fsp3) is 0.571. The highest BCUT2D eigenvalue weighted by molar-refractivity contribution is 6.30. The van der Waals surface area contributed by atoms with E-state index in [2.05, 4.69) is 26.0 Å². The molecule has 2 heteroatoms. The second-order valence-corrected chi connectivity index (χ2v) is 6.17. The molecule has 0 amide bonds. The standard InChI is InChI=1S/C14H20ClN/c1-14(2)7-6-13(16)12(9-14)10-4-3-5-11(15)8-10/h3-5,8,12-13H,6-7,9,16H2,1-2H3. The summed E-state index contributed by atoms with van der Waals surface area (Å²) >= 11 is 6.04. The van der Waals surface area contributed by atoms with Crippen LogP contribution in [0, 0.1) is 5.41 Å². The van der Waals surface area contributed by atoms with E-state index < -0.39 is 0 Å². The van der Waals surface area contributed by atoms with Crippen molar-refractivity contribution in [1.82, 2.24) is 0 Å². The fourth-order valence-corrected chi connectivity index (χ4v) is 2.91. The van der Waals surface area contributed by atoms with Crippen LogP contribution in [0.2, 0.25) is 5.02 Å². The van der Waals surface area contributed by atoms with E-state index in [4.69, 9.17) is 17.3 Å². The summed E-state index contributed by atoms with van der Waals surface area (Å²) in [5.74, 6) is 0.461. The summed E-state index contributed by atoms with van der Waals surface area (Å²) in [4.78, 5) is 0. The molecule has 2 rings (SSSR count). The fourth-order valence-electron chi connectivity index (χ4n) is 2.71. The Balaban J connectivity index is 2.25. The van der Waals surface area contributed by atoms with Gasteiger partial charge in [-0.2, -0.15) is 0 Å². The van der Waals surface area contributed by atoms with E-state index in [1.54, 1.807) is 0 Å². The van der Waals surface area contributed by atoms with Gasteiger partial charge in [0, 0.05) is 11.1 Å². The van der Waals surface area contributed by atoms with Crippen molar-refractivity contribution >= 4 is 11.6 Å². The largest absolute Gasteiger partial charge is 0.327 e. The van der Waals surface area contributed by atoms with Crippen LogP contribution in [0.25, 0.3) is 0 Å². The summed E-state index contributed by atoms with van der Waals surface area (Å²) in [5, 5.41) is 0.813. The molecule has 0 radical (unpaired) electrons. The Morgan fingerprint density at radius 2 is 2.12 bits per heavy atom. The molecule has 1 nitrogen and oxygen atoms in total. The lowest BCUT2D eigenvalue weighted by Crippen LogP contribution is -2.37. The molecule has 0 aliphatic heterocycles. The second-order valence-electron chi connectivity index (χ2n) is 5.73. The zero-order valence-corrected chi connectivity index (χ0v) is 10.8. The highest BCUT2D eigenvalue weighted by Crippen LogP contribution is 2.43. The van der Waals surface area contributed by atoms with Crippen LogP contribution in [-0.2, 0) is 0 Å². The molecule has 2 unspecified atom stereocenters. The Morgan fingerprint density at radius 1 is 1.38 bits per heavy atom. The molecule has 2 N–H and O–H groups in total. The van der Waals surface area contributed by atoms with Crippen LogP contribution in [0.5, 0.6) is 0 Å². The van der Waals surface area contributed by atoms with Crippen LogP contribution >= 0.6 is 11.6 Å². The third-order valence-corrected chi connectivity index (χ3v) is 3.96. The normalized spacial score (nSPS) is 29.0. The zero-order valence-electron chi connectivity index (χ0n) is 10.0. The smallest absolute Gasteiger partial charge is 0.0408 e. The van der Waals surface area contributed by atoms with E-state index in [1.165, 1.54) is 12.0 Å². The van der Waals surface area contributed by atoms with Crippen molar-refractivity contribution in [3.8, 4) is 0 Å². The highest BCUT2D eigenvalue weighted by atomic mass is 35.5. The van der Waals surface area contributed by atoms with Crippen LogP contribution in [0.4, 0.5) is 0 Å². The summed E-state index contributed by atoms with van der Waals surface area (Å²) in [6, 6.07) is 8.44. The van der Waals surface area contributed by atoms with Gasteiger partial charge >= 0.3 is 0 Å². The van der Waals surface area contributed by atoms with Crippen molar-refractivity contribution in [1.29, 1.82) is 0 Å². The molecule has 16 heavy (non-hydrogen) atoms. The molecule has 0 saturated heterocycles. The molecule has 0 spiro atoms. The molecule has 0 heterocycles. The van der Waals surface area contributed by atoms with Crippen LogP contribution in [-0.4, -0.2) is 6.04 Å². The van der Waals surface area contributed by atoms with Crippen molar-refractivity contribution in [2.24, 2.45) is 11.1 Å². The average molecular weight is 238 g/mol. The minimum Gasteiger partial charge on any atom is -0.327 e. The van der Waals surface area contributed by atoms with Crippen molar-refractivity contribution in [2.75, 3.05) is 0 Å². The molecule has 1 saturated carbocycles. The number of hydrogen-bond donors (Lipinski definition) is 1. The molecular weight excluding hydrogens is 218 g/mol. The van der Waals surface area contributed by atoms with Gasteiger partial charge in [0.25, 0.3) is 0 Å². The van der Waals surface area contributed by atoms with Gasteiger partial charge in [0.1, 0.15) is 0 Å². The van der Waals surface area contributed by atoms with Gasteiger partial charge in [-0.05, 0) is 48.3 Å². The number of nitrogens with two attached hydrogens (primary N) is 1. The van der Waals surface area contributed by atoms with Gasteiger partial charge in [-0.15, -0.1) is 0 Å². The van der Waals surface area contributed by atoms with Gasteiger partial charge in [-0.25, -0.2) is 0 Å². The first-order chi connectivity index (χ1) is 7.48. The average Bonchev–Trinajstić information content (AvgIpc) is 2.22. The Morgan fingerprint density at radius 3 is 2.81 bits per heavy atom. The van der Waals surface area contributed by atoms with E-state index in [0.717, 1.165) is 17.9 Å². The van der Waals surface area contributed by atoms with Gasteiger partial charge in [-0.1, -0.05) is 37.6 Å². The molecule has 1 aliphatic carbocycles.